The van der Waals surface area contributed by atoms with Crippen LogP contribution in [0.25, 0.3) is 0 Å². The summed E-state index contributed by atoms with van der Waals surface area (Å²) >= 11 is 1.31. The second-order valence-electron chi connectivity index (χ2n) is 6.86. The summed E-state index contributed by atoms with van der Waals surface area (Å²) in [4.78, 5) is 26.0. The van der Waals surface area contributed by atoms with Crippen LogP contribution in [0, 0.1) is 6.92 Å². The molecule has 1 aromatic heterocycles. The summed E-state index contributed by atoms with van der Waals surface area (Å²) in [5.41, 5.74) is 2.16. The summed E-state index contributed by atoms with van der Waals surface area (Å²) in [6, 6.07) is 5.26. The van der Waals surface area contributed by atoms with Gasteiger partial charge in [0.15, 0.2) is 0 Å². The van der Waals surface area contributed by atoms with Gasteiger partial charge in [-0.15, -0.1) is 11.3 Å². The molecule has 1 aliphatic rings. The summed E-state index contributed by atoms with van der Waals surface area (Å²) in [6.45, 7) is 3.78. The molecular formula is C20H24N2O5S2. The minimum absolute atomic E-state index is 0.00849. The van der Waals surface area contributed by atoms with Crippen molar-refractivity contribution in [3.05, 3.63) is 45.8 Å². The molecule has 0 bridgehead atoms. The molecule has 2 aromatic rings. The first kappa shape index (κ1) is 21.3. The van der Waals surface area contributed by atoms with Crippen LogP contribution in [0.15, 0.2) is 29.2 Å². The molecule has 0 atom stereocenters. The highest BCUT2D eigenvalue weighted by Crippen LogP contribution is 2.38. The molecular weight excluding hydrogens is 412 g/mol. The molecule has 9 heteroatoms. The van der Waals surface area contributed by atoms with Gasteiger partial charge in [0.25, 0.3) is 10.0 Å². The average molecular weight is 437 g/mol. The van der Waals surface area contributed by atoms with Gasteiger partial charge in [-0.3, -0.25) is 5.32 Å². The SMILES string of the molecule is CCOC(=O)c1c(NC(=O)NS(=O)(=O)c2ccc(C)cc2)sc2c1CCCCC2. The molecule has 0 aliphatic heterocycles. The molecule has 7 nitrogen and oxygen atoms in total. The second-order valence-corrected chi connectivity index (χ2v) is 9.65. The second kappa shape index (κ2) is 8.96. The highest BCUT2D eigenvalue weighted by molar-refractivity contribution is 7.90. The standard InChI is InChI=1S/C20H24N2O5S2/c1-3-27-19(23)17-15-7-5-4-6-8-16(15)28-18(17)21-20(24)22-29(25,26)14-11-9-13(2)10-12-14/h9-12H,3-8H2,1-2H3,(H2,21,22,24). The van der Waals surface area contributed by atoms with Gasteiger partial charge in [-0.05, 0) is 57.2 Å². The van der Waals surface area contributed by atoms with Crippen molar-refractivity contribution in [2.45, 2.75) is 50.8 Å². The van der Waals surface area contributed by atoms with Crippen LogP contribution in [0.2, 0.25) is 0 Å². The number of urea groups is 1. The Morgan fingerprint density at radius 3 is 2.48 bits per heavy atom. The molecule has 0 fully saturated rings. The van der Waals surface area contributed by atoms with Crippen LogP contribution in [-0.2, 0) is 27.6 Å². The van der Waals surface area contributed by atoms with Crippen LogP contribution < -0.4 is 10.0 Å². The molecule has 1 heterocycles. The molecule has 1 aliphatic carbocycles. The lowest BCUT2D eigenvalue weighted by Gasteiger charge is -2.10. The Balaban J connectivity index is 1.84. The molecule has 0 saturated heterocycles. The van der Waals surface area contributed by atoms with E-state index in [1.807, 2.05) is 11.6 Å². The first-order valence-corrected chi connectivity index (χ1v) is 11.8. The lowest BCUT2D eigenvalue weighted by Crippen LogP contribution is -2.34. The third-order valence-corrected chi connectivity index (χ3v) is 7.24. The van der Waals surface area contributed by atoms with E-state index < -0.39 is 22.0 Å². The zero-order valence-corrected chi connectivity index (χ0v) is 18.0. The van der Waals surface area contributed by atoms with Gasteiger partial charge in [0, 0.05) is 4.88 Å². The number of carbonyl (C=O) groups excluding carboxylic acids is 2. The first-order valence-electron chi connectivity index (χ1n) is 9.54. The molecule has 156 valence electrons. The van der Waals surface area contributed by atoms with Gasteiger partial charge in [0.05, 0.1) is 17.1 Å². The summed E-state index contributed by atoms with van der Waals surface area (Å²) in [5.74, 6) is -0.497. The van der Waals surface area contributed by atoms with E-state index in [2.05, 4.69) is 5.32 Å². The average Bonchev–Trinajstić information content (AvgIpc) is 2.82. The molecule has 0 unspecified atom stereocenters. The normalized spacial score (nSPS) is 13.9. The van der Waals surface area contributed by atoms with Gasteiger partial charge in [0.2, 0.25) is 0 Å². The van der Waals surface area contributed by atoms with E-state index >= 15 is 0 Å². The van der Waals surface area contributed by atoms with Crippen LogP contribution in [-0.4, -0.2) is 27.0 Å². The Morgan fingerprint density at radius 2 is 1.79 bits per heavy atom. The van der Waals surface area contributed by atoms with Crippen LogP contribution in [0.1, 0.15) is 52.5 Å². The topological polar surface area (TPSA) is 102 Å². The number of esters is 1. The van der Waals surface area contributed by atoms with Crippen molar-refractivity contribution in [3.63, 3.8) is 0 Å². The number of hydrogen-bond donors (Lipinski definition) is 2. The van der Waals surface area contributed by atoms with Crippen LogP contribution in [0.5, 0.6) is 0 Å². The number of hydrogen-bond acceptors (Lipinski definition) is 6. The molecule has 0 radical (unpaired) electrons. The lowest BCUT2D eigenvalue weighted by atomic mass is 10.1. The number of benzene rings is 1. The maximum Gasteiger partial charge on any atom is 0.341 e. The minimum atomic E-state index is -4.02. The van der Waals surface area contributed by atoms with Crippen molar-refractivity contribution in [1.82, 2.24) is 4.72 Å². The number of aryl methyl sites for hydroxylation is 2. The van der Waals surface area contributed by atoms with E-state index in [0.717, 1.165) is 48.1 Å². The van der Waals surface area contributed by atoms with Gasteiger partial charge < -0.3 is 4.74 Å². The Kier molecular flexibility index (Phi) is 6.59. The summed E-state index contributed by atoms with van der Waals surface area (Å²) < 4.78 is 32.1. The number of rotatable bonds is 5. The van der Waals surface area contributed by atoms with Crippen molar-refractivity contribution >= 4 is 38.4 Å². The van der Waals surface area contributed by atoms with Crippen molar-refractivity contribution in [1.29, 1.82) is 0 Å². The smallest absolute Gasteiger partial charge is 0.341 e. The Bertz CT molecular complexity index is 1010. The Hall–Kier alpha value is -2.39. The van der Waals surface area contributed by atoms with Crippen molar-refractivity contribution in [2.75, 3.05) is 11.9 Å². The molecule has 2 amide bonds. The number of anilines is 1. The number of nitrogens with one attached hydrogen (secondary N) is 2. The van der Waals surface area contributed by atoms with E-state index in [1.165, 1.54) is 23.5 Å². The molecule has 29 heavy (non-hydrogen) atoms. The van der Waals surface area contributed by atoms with Crippen LogP contribution in [0.3, 0.4) is 0 Å². The Morgan fingerprint density at radius 1 is 1.10 bits per heavy atom. The van der Waals surface area contributed by atoms with E-state index in [4.69, 9.17) is 4.74 Å². The molecule has 0 spiro atoms. The largest absolute Gasteiger partial charge is 0.462 e. The zero-order valence-electron chi connectivity index (χ0n) is 16.4. The van der Waals surface area contributed by atoms with Crippen molar-refractivity contribution < 1.29 is 22.7 Å². The third-order valence-electron chi connectivity index (χ3n) is 4.69. The maximum atomic E-state index is 12.5. The van der Waals surface area contributed by atoms with Crippen LogP contribution in [0.4, 0.5) is 9.80 Å². The van der Waals surface area contributed by atoms with Gasteiger partial charge in [0.1, 0.15) is 5.00 Å². The molecule has 2 N–H and O–H groups in total. The van der Waals surface area contributed by atoms with Gasteiger partial charge in [-0.1, -0.05) is 24.1 Å². The first-order chi connectivity index (χ1) is 13.8. The lowest BCUT2D eigenvalue weighted by molar-refractivity contribution is 0.0527. The van der Waals surface area contributed by atoms with Crippen molar-refractivity contribution in [3.8, 4) is 0 Å². The van der Waals surface area contributed by atoms with Gasteiger partial charge in [-0.25, -0.2) is 22.7 Å². The maximum absolute atomic E-state index is 12.5. The zero-order chi connectivity index (χ0) is 21.0. The van der Waals surface area contributed by atoms with Crippen molar-refractivity contribution in [2.24, 2.45) is 0 Å². The van der Waals surface area contributed by atoms with Crippen LogP contribution >= 0.6 is 11.3 Å². The summed E-state index contributed by atoms with van der Waals surface area (Å²) in [7, 11) is -4.02. The number of thiophene rings is 1. The van der Waals surface area contributed by atoms with E-state index in [1.54, 1.807) is 19.1 Å². The van der Waals surface area contributed by atoms with E-state index in [9.17, 15) is 18.0 Å². The third kappa shape index (κ3) is 4.97. The fraction of sp³-hybridized carbons (Fsp3) is 0.400. The summed E-state index contributed by atoms with van der Waals surface area (Å²) in [6.07, 6.45) is 4.64. The minimum Gasteiger partial charge on any atom is -0.462 e. The quantitative estimate of drug-likeness (QED) is 0.545. The highest BCUT2D eigenvalue weighted by Gasteiger charge is 2.27. The van der Waals surface area contributed by atoms with E-state index in [-0.39, 0.29) is 11.5 Å². The van der Waals surface area contributed by atoms with Gasteiger partial charge >= 0.3 is 12.0 Å². The van der Waals surface area contributed by atoms with E-state index in [0.29, 0.717) is 10.6 Å². The number of sulfonamides is 1. The number of amides is 2. The highest BCUT2D eigenvalue weighted by atomic mass is 32.2. The van der Waals surface area contributed by atoms with Gasteiger partial charge in [-0.2, -0.15) is 0 Å². The Labute approximate surface area is 174 Å². The number of carbonyl (C=O) groups is 2. The number of fused-ring (bicyclic) bond motifs is 1. The summed E-state index contributed by atoms with van der Waals surface area (Å²) in [5, 5.41) is 2.88. The fourth-order valence-electron chi connectivity index (χ4n) is 3.28. The monoisotopic (exact) mass is 436 g/mol. The molecule has 0 saturated carbocycles. The predicted octanol–water partition coefficient (Wildman–Crippen LogP) is 4.01. The predicted molar refractivity (Wildman–Crippen MR) is 112 cm³/mol. The number of ether oxygens (including phenoxy) is 1. The molecule has 1 aromatic carbocycles. The fourth-order valence-corrected chi connectivity index (χ4v) is 5.46. The molecule has 3 rings (SSSR count).